The number of ether oxygens (including phenoxy) is 4. The number of carbonyl (C=O) groups is 6. The van der Waals surface area contributed by atoms with Crippen LogP contribution in [0.2, 0.25) is 0 Å². The minimum absolute atomic E-state index is 0.00138. The van der Waals surface area contributed by atoms with Gasteiger partial charge in [0.15, 0.2) is 0 Å². The van der Waals surface area contributed by atoms with Crippen LogP contribution < -0.4 is 9.80 Å². The predicted octanol–water partition coefficient (Wildman–Crippen LogP) is 6.24. The number of esters is 4. The maximum absolute atomic E-state index is 13.4. The van der Waals surface area contributed by atoms with Gasteiger partial charge in [-0.05, 0) is 38.1 Å². The van der Waals surface area contributed by atoms with Crippen molar-refractivity contribution in [2.24, 2.45) is 0 Å². The van der Waals surface area contributed by atoms with Crippen molar-refractivity contribution >= 4 is 57.9 Å². The van der Waals surface area contributed by atoms with Crippen LogP contribution in [0.5, 0.6) is 0 Å². The molecule has 300 valence electrons. The SMILES string of the molecule is COC(=O)c1c(C(=O)OC)c2cc(N(C)C)ccn2c1C(=O)c1ccc(C)cc1.COC(=O)c1c(C(=O)OC)c2cc(N(C)C)ccn2c1C(=O)c1ccc(C)cc1. The van der Waals surface area contributed by atoms with E-state index >= 15 is 0 Å². The number of benzene rings is 2. The molecule has 0 spiro atoms. The van der Waals surface area contributed by atoms with Gasteiger partial charge in [0.25, 0.3) is 0 Å². The number of aromatic nitrogens is 2. The van der Waals surface area contributed by atoms with Gasteiger partial charge in [0.1, 0.15) is 33.6 Å². The lowest BCUT2D eigenvalue weighted by Gasteiger charge is -2.13. The van der Waals surface area contributed by atoms with Crippen LogP contribution in [0, 0.1) is 13.8 Å². The zero-order chi connectivity index (χ0) is 42.6. The lowest BCUT2D eigenvalue weighted by Crippen LogP contribution is -2.15. The molecule has 6 rings (SSSR count). The van der Waals surface area contributed by atoms with Crippen LogP contribution in [0.3, 0.4) is 0 Å². The highest BCUT2D eigenvalue weighted by atomic mass is 16.5. The Kier molecular flexibility index (Phi) is 12.5. The molecule has 0 aliphatic carbocycles. The van der Waals surface area contributed by atoms with Crippen molar-refractivity contribution in [2.75, 3.05) is 66.4 Å². The summed E-state index contributed by atoms with van der Waals surface area (Å²) in [6.07, 6.45) is 3.32. The average Bonchev–Trinajstić information content (AvgIpc) is 3.75. The second kappa shape index (κ2) is 17.3. The second-order valence-corrected chi connectivity index (χ2v) is 13.6. The van der Waals surface area contributed by atoms with Crippen LogP contribution in [-0.2, 0) is 18.9 Å². The van der Waals surface area contributed by atoms with Gasteiger partial charge in [0.05, 0.1) is 39.5 Å². The van der Waals surface area contributed by atoms with E-state index in [0.29, 0.717) is 22.2 Å². The molecule has 14 nitrogen and oxygen atoms in total. The van der Waals surface area contributed by atoms with Gasteiger partial charge >= 0.3 is 23.9 Å². The molecular weight excluding hydrogens is 745 g/mol. The first-order chi connectivity index (χ1) is 27.6. The van der Waals surface area contributed by atoms with Gasteiger partial charge in [-0.2, -0.15) is 0 Å². The summed E-state index contributed by atoms with van der Waals surface area (Å²) < 4.78 is 22.7. The fourth-order valence-electron chi connectivity index (χ4n) is 6.39. The summed E-state index contributed by atoms with van der Waals surface area (Å²) >= 11 is 0. The topological polar surface area (TPSA) is 155 Å². The average molecular weight is 789 g/mol. The molecule has 2 aromatic carbocycles. The Hall–Kier alpha value is -7.22. The smallest absolute Gasteiger partial charge is 0.341 e. The van der Waals surface area contributed by atoms with Gasteiger partial charge in [-0.1, -0.05) is 59.7 Å². The van der Waals surface area contributed by atoms with Crippen molar-refractivity contribution in [3.63, 3.8) is 0 Å². The molecular formula is C44H44N4O10. The normalized spacial score (nSPS) is 10.7. The Morgan fingerprint density at radius 1 is 0.448 bits per heavy atom. The molecule has 14 heteroatoms. The molecule has 58 heavy (non-hydrogen) atoms. The molecule has 0 aliphatic heterocycles. The number of fused-ring (bicyclic) bond motifs is 2. The number of pyridine rings is 2. The molecule has 0 saturated heterocycles. The number of aryl methyl sites for hydroxylation is 2. The highest BCUT2D eigenvalue weighted by Gasteiger charge is 2.35. The summed E-state index contributed by atoms with van der Waals surface area (Å²) in [5.74, 6) is -3.79. The number of hydrogen-bond donors (Lipinski definition) is 0. The molecule has 0 N–H and O–H groups in total. The third-order valence-electron chi connectivity index (χ3n) is 9.49. The summed E-state index contributed by atoms with van der Waals surface area (Å²) in [6, 6.07) is 21.0. The van der Waals surface area contributed by atoms with Gasteiger partial charge in [-0.3, -0.25) is 9.59 Å². The van der Waals surface area contributed by atoms with Gasteiger partial charge in [0, 0.05) is 63.1 Å². The van der Waals surface area contributed by atoms with Crippen molar-refractivity contribution in [2.45, 2.75) is 13.8 Å². The van der Waals surface area contributed by atoms with E-state index in [4.69, 9.17) is 18.9 Å². The summed E-state index contributed by atoms with van der Waals surface area (Å²) in [5.41, 5.74) is 5.05. The highest BCUT2D eigenvalue weighted by molar-refractivity contribution is 6.21. The fourth-order valence-corrected chi connectivity index (χ4v) is 6.39. The van der Waals surface area contributed by atoms with Crippen LogP contribution in [0.1, 0.15) is 84.7 Å². The van der Waals surface area contributed by atoms with Gasteiger partial charge in [-0.25, -0.2) is 19.2 Å². The molecule has 0 atom stereocenters. The van der Waals surface area contributed by atoms with Crippen LogP contribution in [0.25, 0.3) is 11.0 Å². The van der Waals surface area contributed by atoms with Crippen LogP contribution >= 0.6 is 0 Å². The first-order valence-corrected chi connectivity index (χ1v) is 17.9. The Bertz CT molecular complexity index is 2400. The number of carbonyl (C=O) groups excluding carboxylic acids is 6. The second-order valence-electron chi connectivity index (χ2n) is 13.6. The monoisotopic (exact) mass is 788 g/mol. The number of ketones is 2. The van der Waals surface area contributed by atoms with Crippen LogP contribution in [-0.4, -0.2) is 101 Å². The van der Waals surface area contributed by atoms with Gasteiger partial charge in [-0.15, -0.1) is 0 Å². The minimum Gasteiger partial charge on any atom is -0.465 e. The van der Waals surface area contributed by atoms with Crippen molar-refractivity contribution in [1.29, 1.82) is 0 Å². The molecule has 0 unspecified atom stereocenters. The van der Waals surface area contributed by atoms with Crippen LogP contribution in [0.15, 0.2) is 85.2 Å². The molecule has 0 aliphatic rings. The lowest BCUT2D eigenvalue weighted by molar-refractivity contribution is 0.0556. The predicted molar refractivity (Wildman–Crippen MR) is 218 cm³/mol. The number of anilines is 2. The quantitative estimate of drug-likeness (QED) is 0.0878. The van der Waals surface area contributed by atoms with E-state index in [2.05, 4.69) is 0 Å². The highest BCUT2D eigenvalue weighted by Crippen LogP contribution is 2.32. The Morgan fingerprint density at radius 2 is 0.741 bits per heavy atom. The Morgan fingerprint density at radius 3 is 1.02 bits per heavy atom. The van der Waals surface area contributed by atoms with E-state index in [1.807, 2.05) is 76.1 Å². The number of nitrogens with zero attached hydrogens (tertiary/aromatic N) is 4. The molecule has 0 radical (unpaired) electrons. The maximum atomic E-state index is 13.4. The van der Waals surface area contributed by atoms with E-state index in [0.717, 1.165) is 22.5 Å². The molecule has 0 amide bonds. The standard InChI is InChI=1S/2C22H22N2O5/c2*1-13-6-8-14(9-7-13)20(25)19-18(22(27)29-5)17(21(26)28-4)16-12-15(23(2)3)10-11-24(16)19/h2*6-12H,1-5H3. The third-order valence-corrected chi connectivity index (χ3v) is 9.49. The Labute approximate surface area is 335 Å². The zero-order valence-electron chi connectivity index (χ0n) is 34.0. The molecule has 4 heterocycles. The molecule has 4 aromatic heterocycles. The zero-order valence-corrected chi connectivity index (χ0v) is 34.0. The summed E-state index contributed by atoms with van der Waals surface area (Å²) in [6.45, 7) is 3.83. The van der Waals surface area contributed by atoms with E-state index in [9.17, 15) is 28.8 Å². The molecule has 0 bridgehead atoms. The third kappa shape index (κ3) is 7.89. The van der Waals surface area contributed by atoms with Crippen molar-refractivity contribution in [3.8, 4) is 0 Å². The van der Waals surface area contributed by atoms with Crippen molar-refractivity contribution in [3.05, 3.63) is 141 Å². The van der Waals surface area contributed by atoms with Crippen molar-refractivity contribution in [1.82, 2.24) is 8.80 Å². The Balaban J connectivity index is 0.000000221. The maximum Gasteiger partial charge on any atom is 0.341 e. The lowest BCUT2D eigenvalue weighted by atomic mass is 10.0. The van der Waals surface area contributed by atoms with Gasteiger partial charge in [0.2, 0.25) is 11.6 Å². The summed E-state index contributed by atoms with van der Waals surface area (Å²) in [7, 11) is 12.3. The van der Waals surface area contributed by atoms with Crippen molar-refractivity contribution < 1.29 is 47.7 Å². The minimum atomic E-state index is -0.782. The number of rotatable bonds is 10. The summed E-state index contributed by atoms with van der Waals surface area (Å²) in [5, 5.41) is 0. The van der Waals surface area contributed by atoms with Gasteiger partial charge < -0.3 is 37.5 Å². The van der Waals surface area contributed by atoms with Crippen LogP contribution in [0.4, 0.5) is 11.4 Å². The fraction of sp³-hybridized carbons (Fsp3) is 0.227. The number of methoxy groups -OCH3 is 4. The molecule has 6 aromatic rings. The largest absolute Gasteiger partial charge is 0.465 e. The van der Waals surface area contributed by atoms with E-state index < -0.39 is 35.4 Å². The van der Waals surface area contributed by atoms with E-state index in [1.54, 1.807) is 60.9 Å². The van der Waals surface area contributed by atoms with E-state index in [1.165, 1.54) is 37.2 Å². The number of hydrogen-bond acceptors (Lipinski definition) is 12. The van der Waals surface area contributed by atoms with E-state index in [-0.39, 0.29) is 33.6 Å². The molecule has 0 saturated carbocycles. The first-order valence-electron chi connectivity index (χ1n) is 17.9. The summed E-state index contributed by atoms with van der Waals surface area (Å²) in [4.78, 5) is 80.9. The molecule has 0 fully saturated rings. The first kappa shape index (κ1) is 41.9.